The molecule has 130 valence electrons. The van der Waals surface area contributed by atoms with Gasteiger partial charge in [-0.1, -0.05) is 18.2 Å². The molecule has 0 amide bonds. The summed E-state index contributed by atoms with van der Waals surface area (Å²) < 4.78 is 19.7. The molecule has 4 aromatic rings. The third-order valence-electron chi connectivity index (χ3n) is 3.88. The zero-order valence-electron chi connectivity index (χ0n) is 13.7. The number of aryl methyl sites for hydroxylation is 1. The molecule has 0 aliphatic carbocycles. The number of hydrogen-bond acceptors (Lipinski definition) is 6. The van der Waals surface area contributed by atoms with Crippen molar-refractivity contribution in [1.29, 1.82) is 0 Å². The number of pyridine rings is 1. The molecule has 0 radical (unpaired) electrons. The van der Waals surface area contributed by atoms with Gasteiger partial charge in [-0.25, -0.2) is 9.37 Å². The molecular formula is C18H13FN4O3. The third kappa shape index (κ3) is 2.81. The molecule has 0 aliphatic rings. The lowest BCUT2D eigenvalue weighted by Crippen LogP contribution is -2.15. The SMILES string of the molecule is Cc1ccc2nc(-c3nnc(Cc4ccc(F)cc4)o3)c(O)c(=O)n2c1. The van der Waals surface area contributed by atoms with E-state index >= 15 is 0 Å². The summed E-state index contributed by atoms with van der Waals surface area (Å²) >= 11 is 0. The summed E-state index contributed by atoms with van der Waals surface area (Å²) in [7, 11) is 0. The first-order valence-corrected chi connectivity index (χ1v) is 7.80. The third-order valence-corrected chi connectivity index (χ3v) is 3.88. The highest BCUT2D eigenvalue weighted by molar-refractivity contribution is 5.60. The van der Waals surface area contributed by atoms with Crippen LogP contribution in [-0.2, 0) is 6.42 Å². The second kappa shape index (κ2) is 6.07. The second-order valence-electron chi connectivity index (χ2n) is 5.85. The average Bonchev–Trinajstić information content (AvgIpc) is 3.09. The lowest BCUT2D eigenvalue weighted by Gasteiger charge is -2.04. The van der Waals surface area contributed by atoms with Crippen molar-refractivity contribution in [2.45, 2.75) is 13.3 Å². The number of hydrogen-bond donors (Lipinski definition) is 1. The zero-order valence-corrected chi connectivity index (χ0v) is 13.7. The van der Waals surface area contributed by atoms with Gasteiger partial charge in [0.15, 0.2) is 5.69 Å². The molecule has 1 aromatic carbocycles. The lowest BCUT2D eigenvalue weighted by molar-refractivity contribution is 0.457. The van der Waals surface area contributed by atoms with Gasteiger partial charge in [-0.15, -0.1) is 10.2 Å². The van der Waals surface area contributed by atoms with E-state index in [0.29, 0.717) is 12.1 Å². The molecule has 0 aliphatic heterocycles. The summed E-state index contributed by atoms with van der Waals surface area (Å²) in [5, 5.41) is 18.0. The van der Waals surface area contributed by atoms with Gasteiger partial charge in [-0.3, -0.25) is 9.20 Å². The highest BCUT2D eigenvalue weighted by atomic mass is 19.1. The van der Waals surface area contributed by atoms with Gasteiger partial charge in [0.1, 0.15) is 11.5 Å². The van der Waals surface area contributed by atoms with Gasteiger partial charge in [-0.2, -0.15) is 0 Å². The van der Waals surface area contributed by atoms with Crippen LogP contribution in [0.4, 0.5) is 4.39 Å². The lowest BCUT2D eigenvalue weighted by atomic mass is 10.1. The Morgan fingerprint density at radius 2 is 1.92 bits per heavy atom. The largest absolute Gasteiger partial charge is 0.501 e. The van der Waals surface area contributed by atoms with Crippen LogP contribution in [0.2, 0.25) is 0 Å². The van der Waals surface area contributed by atoms with Gasteiger partial charge in [0.25, 0.3) is 5.89 Å². The summed E-state index contributed by atoms with van der Waals surface area (Å²) in [5.41, 5.74) is 1.30. The summed E-state index contributed by atoms with van der Waals surface area (Å²) in [6.45, 7) is 1.83. The van der Waals surface area contributed by atoms with Gasteiger partial charge >= 0.3 is 5.56 Å². The van der Waals surface area contributed by atoms with E-state index in [4.69, 9.17) is 4.42 Å². The number of fused-ring (bicyclic) bond motifs is 1. The number of aromatic hydroxyl groups is 1. The van der Waals surface area contributed by atoms with Gasteiger partial charge in [0.2, 0.25) is 11.6 Å². The molecule has 0 saturated carbocycles. The smallest absolute Gasteiger partial charge is 0.300 e. The Balaban J connectivity index is 1.73. The molecule has 3 heterocycles. The van der Waals surface area contributed by atoms with Crippen LogP contribution in [0.1, 0.15) is 17.0 Å². The topological polar surface area (TPSA) is 93.5 Å². The van der Waals surface area contributed by atoms with Crippen LogP contribution >= 0.6 is 0 Å². The fourth-order valence-corrected chi connectivity index (χ4v) is 2.58. The van der Waals surface area contributed by atoms with Gasteiger partial charge in [0.05, 0.1) is 6.42 Å². The number of rotatable bonds is 3. The van der Waals surface area contributed by atoms with E-state index in [1.807, 2.05) is 6.92 Å². The molecule has 0 atom stereocenters. The van der Waals surface area contributed by atoms with E-state index < -0.39 is 11.3 Å². The van der Waals surface area contributed by atoms with Crippen molar-refractivity contribution in [3.05, 3.63) is 75.8 Å². The molecule has 4 rings (SSSR count). The zero-order chi connectivity index (χ0) is 18.3. The second-order valence-corrected chi connectivity index (χ2v) is 5.85. The number of halogens is 1. The summed E-state index contributed by atoms with van der Waals surface area (Å²) in [6, 6.07) is 9.36. The van der Waals surface area contributed by atoms with E-state index in [1.54, 1.807) is 30.5 Å². The van der Waals surface area contributed by atoms with Crippen LogP contribution < -0.4 is 5.56 Å². The summed E-state index contributed by atoms with van der Waals surface area (Å²) in [6.07, 6.45) is 1.88. The molecule has 0 saturated heterocycles. The number of aromatic nitrogens is 4. The molecule has 7 nitrogen and oxygen atoms in total. The Labute approximate surface area is 146 Å². The summed E-state index contributed by atoms with van der Waals surface area (Å²) in [5.74, 6) is -0.692. The van der Waals surface area contributed by atoms with Crippen LogP contribution in [0.3, 0.4) is 0 Å². The van der Waals surface area contributed by atoms with Crippen molar-refractivity contribution < 1.29 is 13.9 Å². The van der Waals surface area contributed by atoms with Crippen molar-refractivity contribution in [3.8, 4) is 17.3 Å². The quantitative estimate of drug-likeness (QED) is 0.609. The maximum atomic E-state index is 13.0. The van der Waals surface area contributed by atoms with E-state index in [2.05, 4.69) is 15.2 Å². The fraction of sp³-hybridized carbons (Fsp3) is 0.111. The Bertz CT molecular complexity index is 1170. The first kappa shape index (κ1) is 15.9. The van der Waals surface area contributed by atoms with Crippen molar-refractivity contribution in [1.82, 2.24) is 19.6 Å². The normalized spacial score (nSPS) is 11.2. The maximum Gasteiger partial charge on any atom is 0.300 e. The average molecular weight is 352 g/mol. The maximum absolute atomic E-state index is 13.0. The van der Waals surface area contributed by atoms with Crippen LogP contribution in [0, 0.1) is 12.7 Å². The number of nitrogens with zero attached hydrogens (tertiary/aromatic N) is 4. The monoisotopic (exact) mass is 352 g/mol. The highest BCUT2D eigenvalue weighted by Crippen LogP contribution is 2.24. The minimum absolute atomic E-state index is 0.0558. The highest BCUT2D eigenvalue weighted by Gasteiger charge is 2.19. The minimum atomic E-state index is -0.619. The van der Waals surface area contributed by atoms with Crippen molar-refractivity contribution in [2.75, 3.05) is 0 Å². The van der Waals surface area contributed by atoms with Crippen LogP contribution in [-0.4, -0.2) is 24.7 Å². The van der Waals surface area contributed by atoms with Gasteiger partial charge in [-0.05, 0) is 36.2 Å². The molecule has 0 spiro atoms. The molecule has 26 heavy (non-hydrogen) atoms. The van der Waals surface area contributed by atoms with Gasteiger partial charge < -0.3 is 9.52 Å². The van der Waals surface area contributed by atoms with Gasteiger partial charge in [0, 0.05) is 6.20 Å². The first-order valence-electron chi connectivity index (χ1n) is 7.80. The van der Waals surface area contributed by atoms with E-state index in [1.165, 1.54) is 16.5 Å². The first-order chi connectivity index (χ1) is 12.5. The Morgan fingerprint density at radius 1 is 1.15 bits per heavy atom. The predicted octanol–water partition coefficient (Wildman–Crippen LogP) is 2.49. The predicted molar refractivity (Wildman–Crippen MR) is 90.4 cm³/mol. The molecule has 3 aromatic heterocycles. The van der Waals surface area contributed by atoms with Crippen LogP contribution in [0.25, 0.3) is 17.2 Å². The summed E-state index contributed by atoms with van der Waals surface area (Å²) in [4.78, 5) is 16.6. The van der Waals surface area contributed by atoms with Crippen molar-refractivity contribution >= 4 is 5.65 Å². The van der Waals surface area contributed by atoms with E-state index in [-0.39, 0.29) is 23.3 Å². The Kier molecular flexibility index (Phi) is 3.72. The van der Waals surface area contributed by atoms with E-state index in [9.17, 15) is 14.3 Å². The van der Waals surface area contributed by atoms with Crippen molar-refractivity contribution in [2.24, 2.45) is 0 Å². The molecule has 0 fully saturated rings. The standard InChI is InChI=1S/C18H13FN4O3/c1-10-2-7-13-20-15(16(24)18(25)23(13)9-10)17-22-21-14(26-17)8-11-3-5-12(19)6-4-11/h2-7,9,24H,8H2,1H3. The van der Waals surface area contributed by atoms with E-state index in [0.717, 1.165) is 11.1 Å². The Hall–Kier alpha value is -3.55. The molecule has 8 heteroatoms. The van der Waals surface area contributed by atoms with Crippen LogP contribution in [0.15, 0.2) is 51.8 Å². The number of benzene rings is 1. The van der Waals surface area contributed by atoms with Crippen molar-refractivity contribution in [3.63, 3.8) is 0 Å². The van der Waals surface area contributed by atoms with Crippen LogP contribution in [0.5, 0.6) is 5.75 Å². The molecule has 0 bridgehead atoms. The molecular weight excluding hydrogens is 339 g/mol. The minimum Gasteiger partial charge on any atom is -0.501 e. The molecule has 0 unspecified atom stereocenters. The Morgan fingerprint density at radius 3 is 2.69 bits per heavy atom. The molecule has 1 N–H and O–H groups in total. The fourth-order valence-electron chi connectivity index (χ4n) is 2.58.